The number of anilines is 1. The molecule has 2 aliphatic rings. The molecule has 2 aliphatic heterocycles. The van der Waals surface area contributed by atoms with E-state index in [1.807, 2.05) is 18.2 Å². The van der Waals surface area contributed by atoms with Gasteiger partial charge in [0.25, 0.3) is 5.91 Å². The molecule has 3 N–H and O–H groups in total. The van der Waals surface area contributed by atoms with Gasteiger partial charge in [0.15, 0.2) is 0 Å². The van der Waals surface area contributed by atoms with E-state index in [0.717, 1.165) is 36.3 Å². The highest BCUT2D eigenvalue weighted by molar-refractivity contribution is 5.94. The molecule has 1 saturated heterocycles. The predicted octanol–water partition coefficient (Wildman–Crippen LogP) is 1.84. The predicted molar refractivity (Wildman–Crippen MR) is 80.4 cm³/mol. The molecule has 114 valence electrons. The fraction of sp³-hybridized carbons (Fsp3) is 0.562. The molecule has 0 radical (unpaired) electrons. The van der Waals surface area contributed by atoms with Crippen LogP contribution in [0.3, 0.4) is 0 Å². The first-order valence-corrected chi connectivity index (χ1v) is 7.45. The summed E-state index contributed by atoms with van der Waals surface area (Å²) in [5, 5.41) is 2.93. The molecule has 0 aromatic heterocycles. The van der Waals surface area contributed by atoms with E-state index < -0.39 is 0 Å². The number of benzene rings is 1. The lowest BCUT2D eigenvalue weighted by molar-refractivity contribution is -0.126. The highest BCUT2D eigenvalue weighted by atomic mass is 16.5. The Labute approximate surface area is 124 Å². The van der Waals surface area contributed by atoms with Gasteiger partial charge in [-0.25, -0.2) is 0 Å². The zero-order valence-corrected chi connectivity index (χ0v) is 12.5. The Kier molecular flexibility index (Phi) is 3.63. The number of fused-ring (bicyclic) bond motifs is 1. The number of carbonyl (C=O) groups excluding carboxylic acids is 1. The van der Waals surface area contributed by atoms with Gasteiger partial charge in [0.05, 0.1) is 6.10 Å². The van der Waals surface area contributed by atoms with Gasteiger partial charge in [-0.2, -0.15) is 0 Å². The summed E-state index contributed by atoms with van der Waals surface area (Å²) in [7, 11) is 0. The third-order valence-electron chi connectivity index (χ3n) is 3.99. The van der Waals surface area contributed by atoms with E-state index in [1.165, 1.54) is 0 Å². The Morgan fingerprint density at radius 1 is 1.43 bits per heavy atom. The number of amides is 1. The maximum atomic E-state index is 12.2. The maximum absolute atomic E-state index is 12.2. The molecule has 1 amide bonds. The Bertz CT molecular complexity index is 556. The maximum Gasteiger partial charge on any atom is 0.253 e. The average Bonchev–Trinajstić information content (AvgIpc) is 3.00. The molecular formula is C16H22N2O3. The van der Waals surface area contributed by atoms with Gasteiger partial charge in [0.1, 0.15) is 17.5 Å². The van der Waals surface area contributed by atoms with Crippen LogP contribution in [0.1, 0.15) is 32.3 Å². The van der Waals surface area contributed by atoms with Crippen LogP contribution in [-0.4, -0.2) is 30.3 Å². The summed E-state index contributed by atoms with van der Waals surface area (Å²) < 4.78 is 11.4. The number of nitrogens with two attached hydrogens (primary N) is 1. The van der Waals surface area contributed by atoms with Crippen LogP contribution >= 0.6 is 0 Å². The number of hydrogen-bond acceptors (Lipinski definition) is 4. The molecule has 21 heavy (non-hydrogen) atoms. The molecule has 0 unspecified atom stereocenters. The smallest absolute Gasteiger partial charge is 0.253 e. The zero-order chi connectivity index (χ0) is 15.0. The van der Waals surface area contributed by atoms with Crippen molar-refractivity contribution in [1.29, 1.82) is 0 Å². The molecule has 1 aromatic carbocycles. The summed E-state index contributed by atoms with van der Waals surface area (Å²) in [6, 6.07) is 5.77. The summed E-state index contributed by atoms with van der Waals surface area (Å²) >= 11 is 0. The van der Waals surface area contributed by atoms with E-state index in [-0.39, 0.29) is 23.7 Å². The third kappa shape index (κ3) is 3.04. The van der Waals surface area contributed by atoms with Gasteiger partial charge < -0.3 is 20.5 Å². The molecule has 5 nitrogen and oxygen atoms in total. The minimum atomic E-state index is -0.389. The van der Waals surface area contributed by atoms with Crippen LogP contribution < -0.4 is 15.8 Å². The number of hydrogen-bond donors (Lipinski definition) is 2. The number of carbonyl (C=O) groups is 1. The first-order chi connectivity index (χ1) is 9.97. The minimum Gasteiger partial charge on any atom is -0.487 e. The van der Waals surface area contributed by atoms with E-state index in [2.05, 4.69) is 19.2 Å². The van der Waals surface area contributed by atoms with Crippen molar-refractivity contribution in [1.82, 2.24) is 0 Å². The average molecular weight is 290 g/mol. The van der Waals surface area contributed by atoms with Crippen LogP contribution in [-0.2, 0) is 16.0 Å². The van der Waals surface area contributed by atoms with Gasteiger partial charge >= 0.3 is 0 Å². The molecule has 1 fully saturated rings. The molecule has 2 heterocycles. The first-order valence-electron chi connectivity index (χ1n) is 7.45. The Morgan fingerprint density at radius 3 is 2.95 bits per heavy atom. The zero-order valence-electron chi connectivity index (χ0n) is 12.5. The van der Waals surface area contributed by atoms with Crippen molar-refractivity contribution in [3.8, 4) is 5.75 Å². The monoisotopic (exact) mass is 290 g/mol. The largest absolute Gasteiger partial charge is 0.487 e. The van der Waals surface area contributed by atoms with Crippen LogP contribution in [0.2, 0.25) is 0 Å². The number of nitrogens with one attached hydrogen (secondary N) is 1. The Balaban J connectivity index is 1.65. The molecule has 2 atom stereocenters. The highest BCUT2D eigenvalue weighted by Crippen LogP contribution is 2.36. The van der Waals surface area contributed by atoms with Crippen molar-refractivity contribution in [2.24, 2.45) is 5.73 Å². The summed E-state index contributed by atoms with van der Waals surface area (Å²) in [4.78, 5) is 12.2. The van der Waals surface area contributed by atoms with E-state index in [4.69, 9.17) is 15.2 Å². The molecular weight excluding hydrogens is 268 g/mol. The topological polar surface area (TPSA) is 73.6 Å². The molecule has 5 heteroatoms. The van der Waals surface area contributed by atoms with Gasteiger partial charge in [0.2, 0.25) is 0 Å². The van der Waals surface area contributed by atoms with E-state index >= 15 is 0 Å². The third-order valence-corrected chi connectivity index (χ3v) is 3.99. The SMILES string of the molecule is CC1(C)Cc2cc(NC(=O)[C@@H]3CC[C@H](CN)O3)ccc2O1. The lowest BCUT2D eigenvalue weighted by atomic mass is 10.0. The highest BCUT2D eigenvalue weighted by Gasteiger charge is 2.32. The lowest BCUT2D eigenvalue weighted by Gasteiger charge is -2.16. The number of ether oxygens (including phenoxy) is 2. The quantitative estimate of drug-likeness (QED) is 0.891. The van der Waals surface area contributed by atoms with Gasteiger partial charge in [-0.15, -0.1) is 0 Å². The van der Waals surface area contributed by atoms with Gasteiger partial charge in [-0.1, -0.05) is 0 Å². The van der Waals surface area contributed by atoms with Crippen molar-refractivity contribution < 1.29 is 14.3 Å². The molecule has 0 bridgehead atoms. The van der Waals surface area contributed by atoms with Crippen molar-refractivity contribution >= 4 is 11.6 Å². The van der Waals surface area contributed by atoms with Crippen molar-refractivity contribution in [3.63, 3.8) is 0 Å². The molecule has 0 spiro atoms. The van der Waals surface area contributed by atoms with Crippen molar-refractivity contribution in [2.75, 3.05) is 11.9 Å². The van der Waals surface area contributed by atoms with Gasteiger partial charge in [0, 0.05) is 24.2 Å². The van der Waals surface area contributed by atoms with Crippen LogP contribution in [0, 0.1) is 0 Å². The molecule has 0 aliphatic carbocycles. The second-order valence-corrected chi connectivity index (χ2v) is 6.41. The van der Waals surface area contributed by atoms with Crippen LogP contribution in [0.5, 0.6) is 5.75 Å². The van der Waals surface area contributed by atoms with E-state index in [9.17, 15) is 4.79 Å². The lowest BCUT2D eigenvalue weighted by Crippen LogP contribution is -2.29. The van der Waals surface area contributed by atoms with Gasteiger partial charge in [-0.05, 0) is 44.9 Å². The second kappa shape index (κ2) is 5.31. The standard InChI is InChI=1S/C16H22N2O3/c1-16(2)8-10-7-11(3-5-13(10)21-16)18-15(19)14-6-4-12(9-17)20-14/h3,5,7,12,14H,4,6,8-9,17H2,1-2H3,(H,18,19)/t12-,14+/m1/s1. The molecule has 1 aromatic rings. The van der Waals surface area contributed by atoms with Crippen LogP contribution in [0.4, 0.5) is 5.69 Å². The summed E-state index contributed by atoms with van der Waals surface area (Å²) in [6.45, 7) is 4.59. The fourth-order valence-corrected chi connectivity index (χ4v) is 2.98. The molecule has 0 saturated carbocycles. The molecule has 3 rings (SSSR count). The Hall–Kier alpha value is -1.59. The normalized spacial score (nSPS) is 26.2. The van der Waals surface area contributed by atoms with Crippen molar-refractivity contribution in [2.45, 2.75) is 50.9 Å². The first kappa shape index (κ1) is 14.4. The van der Waals surface area contributed by atoms with Gasteiger partial charge in [-0.3, -0.25) is 4.79 Å². The Morgan fingerprint density at radius 2 is 2.24 bits per heavy atom. The van der Waals surface area contributed by atoms with Crippen molar-refractivity contribution in [3.05, 3.63) is 23.8 Å². The van der Waals surface area contributed by atoms with Crippen LogP contribution in [0.15, 0.2) is 18.2 Å². The summed E-state index contributed by atoms with van der Waals surface area (Å²) in [6.07, 6.45) is 2.05. The summed E-state index contributed by atoms with van der Waals surface area (Å²) in [5.41, 5.74) is 7.31. The van der Waals surface area contributed by atoms with E-state index in [1.54, 1.807) is 0 Å². The fourth-order valence-electron chi connectivity index (χ4n) is 2.98. The summed E-state index contributed by atoms with van der Waals surface area (Å²) in [5.74, 6) is 0.808. The van der Waals surface area contributed by atoms with Crippen LogP contribution in [0.25, 0.3) is 0 Å². The van der Waals surface area contributed by atoms with E-state index in [0.29, 0.717) is 6.54 Å². The minimum absolute atomic E-state index is 0.00923. The second-order valence-electron chi connectivity index (χ2n) is 6.41. The number of rotatable bonds is 3.